The summed E-state index contributed by atoms with van der Waals surface area (Å²) in [6, 6.07) is 6.62. The third kappa shape index (κ3) is 3.72. The van der Waals surface area contributed by atoms with Crippen LogP contribution in [-0.2, 0) is 12.8 Å². The topological polar surface area (TPSA) is 72.1 Å². The van der Waals surface area contributed by atoms with Gasteiger partial charge in [0, 0.05) is 19.0 Å². The molecule has 0 amide bonds. The first-order valence-corrected chi connectivity index (χ1v) is 7.27. The van der Waals surface area contributed by atoms with Crippen molar-refractivity contribution in [2.45, 2.75) is 32.2 Å². The van der Waals surface area contributed by atoms with Gasteiger partial charge in [-0.3, -0.25) is 5.10 Å². The van der Waals surface area contributed by atoms with Crippen LogP contribution in [0.15, 0.2) is 24.5 Å². The summed E-state index contributed by atoms with van der Waals surface area (Å²) in [7, 11) is 0. The summed E-state index contributed by atoms with van der Waals surface area (Å²) < 4.78 is 10.7. The maximum absolute atomic E-state index is 5.40. The van der Waals surface area contributed by atoms with Crippen molar-refractivity contribution in [3.63, 3.8) is 0 Å². The van der Waals surface area contributed by atoms with E-state index < -0.39 is 0 Å². The van der Waals surface area contributed by atoms with E-state index in [-0.39, 0.29) is 0 Å². The smallest absolute Gasteiger partial charge is 0.231 e. The van der Waals surface area contributed by atoms with Gasteiger partial charge in [-0.1, -0.05) is 6.07 Å². The number of ether oxygens (including phenoxy) is 2. The molecule has 1 atom stereocenters. The number of aromatic nitrogens is 3. The van der Waals surface area contributed by atoms with Gasteiger partial charge in [-0.25, -0.2) is 4.98 Å². The summed E-state index contributed by atoms with van der Waals surface area (Å²) in [6.45, 7) is 3.43. The number of aromatic amines is 1. The second-order valence-corrected chi connectivity index (χ2v) is 5.26. The van der Waals surface area contributed by atoms with Gasteiger partial charge in [0.05, 0.1) is 0 Å². The molecule has 0 saturated carbocycles. The molecular formula is C15H20N4O2. The molecule has 21 heavy (non-hydrogen) atoms. The molecule has 1 aromatic heterocycles. The Morgan fingerprint density at radius 2 is 2.19 bits per heavy atom. The molecule has 1 aromatic carbocycles. The zero-order valence-corrected chi connectivity index (χ0v) is 12.1. The first-order valence-electron chi connectivity index (χ1n) is 7.27. The van der Waals surface area contributed by atoms with Crippen LogP contribution < -0.4 is 14.8 Å². The van der Waals surface area contributed by atoms with Crippen LogP contribution in [0.3, 0.4) is 0 Å². The molecule has 2 aromatic rings. The Balaban J connectivity index is 1.40. The van der Waals surface area contributed by atoms with Crippen LogP contribution in [0.1, 0.15) is 24.7 Å². The second-order valence-electron chi connectivity index (χ2n) is 5.26. The van der Waals surface area contributed by atoms with Crippen molar-refractivity contribution in [2.24, 2.45) is 0 Å². The molecule has 1 aliphatic rings. The van der Waals surface area contributed by atoms with Crippen LogP contribution in [0.5, 0.6) is 11.5 Å². The Bertz CT molecular complexity index is 571. The highest BCUT2D eigenvalue weighted by atomic mass is 16.7. The Morgan fingerprint density at radius 1 is 1.29 bits per heavy atom. The van der Waals surface area contributed by atoms with Gasteiger partial charge in [-0.05, 0) is 37.5 Å². The minimum Gasteiger partial charge on any atom is -0.454 e. The normalized spacial score (nSPS) is 14.3. The minimum atomic E-state index is 0.332. The average molecular weight is 288 g/mol. The van der Waals surface area contributed by atoms with Crippen molar-refractivity contribution in [1.29, 1.82) is 0 Å². The van der Waals surface area contributed by atoms with Crippen LogP contribution in [0, 0.1) is 0 Å². The number of fused-ring (bicyclic) bond motifs is 1. The van der Waals surface area contributed by atoms with Crippen molar-refractivity contribution in [1.82, 2.24) is 20.5 Å². The summed E-state index contributed by atoms with van der Waals surface area (Å²) in [4.78, 5) is 4.11. The number of benzene rings is 1. The highest BCUT2D eigenvalue weighted by Crippen LogP contribution is 2.32. The molecule has 6 nitrogen and oxygen atoms in total. The molecule has 0 spiro atoms. The van der Waals surface area contributed by atoms with Gasteiger partial charge < -0.3 is 14.8 Å². The number of hydrogen-bond donors (Lipinski definition) is 2. The van der Waals surface area contributed by atoms with Gasteiger partial charge in [0.2, 0.25) is 6.79 Å². The molecule has 0 saturated heterocycles. The molecule has 0 radical (unpaired) electrons. The maximum atomic E-state index is 5.40. The molecule has 2 heterocycles. The SMILES string of the molecule is CC(CCc1ccc2c(c1)OCO2)NCCc1ncn[nH]1. The van der Waals surface area contributed by atoms with Crippen LogP contribution in [0.4, 0.5) is 0 Å². The second kappa shape index (κ2) is 6.58. The number of rotatable bonds is 7. The van der Waals surface area contributed by atoms with Gasteiger partial charge in [0.25, 0.3) is 0 Å². The fourth-order valence-corrected chi connectivity index (χ4v) is 2.37. The number of hydrogen-bond acceptors (Lipinski definition) is 5. The number of nitrogens with one attached hydrogen (secondary N) is 2. The van der Waals surface area contributed by atoms with E-state index in [1.807, 2.05) is 6.07 Å². The summed E-state index contributed by atoms with van der Waals surface area (Å²) in [6.07, 6.45) is 4.51. The molecule has 6 heteroatoms. The molecule has 0 fully saturated rings. The number of nitrogens with zero attached hydrogens (tertiary/aromatic N) is 2. The van der Waals surface area contributed by atoms with Gasteiger partial charge in [0.15, 0.2) is 11.5 Å². The quantitative estimate of drug-likeness (QED) is 0.811. The van der Waals surface area contributed by atoms with E-state index in [1.54, 1.807) is 6.33 Å². The Kier molecular flexibility index (Phi) is 4.35. The van der Waals surface area contributed by atoms with Crippen LogP contribution in [0.2, 0.25) is 0 Å². The van der Waals surface area contributed by atoms with E-state index in [1.165, 1.54) is 5.56 Å². The summed E-state index contributed by atoms with van der Waals surface area (Å²) in [5.41, 5.74) is 1.28. The first-order chi connectivity index (χ1) is 10.3. The lowest BCUT2D eigenvalue weighted by atomic mass is 10.1. The van der Waals surface area contributed by atoms with E-state index in [2.05, 4.69) is 39.6 Å². The van der Waals surface area contributed by atoms with Crippen LogP contribution in [0.25, 0.3) is 0 Å². The van der Waals surface area contributed by atoms with E-state index in [0.29, 0.717) is 12.8 Å². The molecule has 3 rings (SSSR count). The lowest BCUT2D eigenvalue weighted by Crippen LogP contribution is -2.28. The average Bonchev–Trinajstić information content (AvgIpc) is 3.15. The van der Waals surface area contributed by atoms with Crippen molar-refractivity contribution < 1.29 is 9.47 Å². The van der Waals surface area contributed by atoms with Crippen molar-refractivity contribution in [3.8, 4) is 11.5 Å². The molecule has 1 unspecified atom stereocenters. The molecule has 2 N–H and O–H groups in total. The fourth-order valence-electron chi connectivity index (χ4n) is 2.37. The van der Waals surface area contributed by atoms with Gasteiger partial charge in [-0.2, -0.15) is 5.10 Å². The fraction of sp³-hybridized carbons (Fsp3) is 0.467. The van der Waals surface area contributed by atoms with Gasteiger partial charge in [-0.15, -0.1) is 0 Å². The molecule has 1 aliphatic heterocycles. The van der Waals surface area contributed by atoms with Crippen molar-refractivity contribution in [2.75, 3.05) is 13.3 Å². The maximum Gasteiger partial charge on any atom is 0.231 e. The zero-order valence-electron chi connectivity index (χ0n) is 12.1. The predicted octanol–water partition coefficient (Wildman–Crippen LogP) is 1.69. The summed E-state index contributed by atoms with van der Waals surface area (Å²) in [5, 5.41) is 10.2. The lowest BCUT2D eigenvalue weighted by molar-refractivity contribution is 0.174. The molecule has 112 valence electrons. The molecule has 0 aliphatic carbocycles. The molecule has 0 bridgehead atoms. The van der Waals surface area contributed by atoms with Crippen LogP contribution in [-0.4, -0.2) is 34.6 Å². The highest BCUT2D eigenvalue weighted by Gasteiger charge is 2.13. The lowest BCUT2D eigenvalue weighted by Gasteiger charge is -2.13. The largest absolute Gasteiger partial charge is 0.454 e. The predicted molar refractivity (Wildman–Crippen MR) is 78.4 cm³/mol. The number of aryl methyl sites for hydroxylation is 1. The zero-order chi connectivity index (χ0) is 14.5. The summed E-state index contributed by atoms with van der Waals surface area (Å²) in [5.74, 6) is 2.63. The van der Waals surface area contributed by atoms with Crippen molar-refractivity contribution in [3.05, 3.63) is 35.9 Å². The highest BCUT2D eigenvalue weighted by molar-refractivity contribution is 5.44. The summed E-state index contributed by atoms with van der Waals surface area (Å²) >= 11 is 0. The van der Waals surface area contributed by atoms with Crippen molar-refractivity contribution >= 4 is 0 Å². The Labute approximate surface area is 123 Å². The third-order valence-corrected chi connectivity index (χ3v) is 3.62. The first kappa shape index (κ1) is 13.9. The standard InChI is InChI=1S/C15H20N4O2/c1-11(16-7-6-15-17-9-18-19-15)2-3-12-4-5-13-14(8-12)21-10-20-13/h4-5,8-9,11,16H,2-3,6-7,10H2,1H3,(H,17,18,19). The van der Waals surface area contributed by atoms with Gasteiger partial charge >= 0.3 is 0 Å². The van der Waals surface area contributed by atoms with E-state index in [0.717, 1.165) is 43.1 Å². The van der Waals surface area contributed by atoms with E-state index >= 15 is 0 Å². The van der Waals surface area contributed by atoms with E-state index in [4.69, 9.17) is 9.47 Å². The van der Waals surface area contributed by atoms with E-state index in [9.17, 15) is 0 Å². The monoisotopic (exact) mass is 288 g/mol. The Morgan fingerprint density at radius 3 is 3.05 bits per heavy atom. The Hall–Kier alpha value is -2.08. The minimum absolute atomic E-state index is 0.332. The molecular weight excluding hydrogens is 268 g/mol. The van der Waals surface area contributed by atoms with Crippen LogP contribution >= 0.6 is 0 Å². The number of H-pyrrole nitrogens is 1. The van der Waals surface area contributed by atoms with Gasteiger partial charge in [0.1, 0.15) is 12.2 Å². The third-order valence-electron chi connectivity index (χ3n) is 3.62.